The van der Waals surface area contributed by atoms with Crippen molar-refractivity contribution in [2.75, 3.05) is 17.2 Å². The summed E-state index contributed by atoms with van der Waals surface area (Å²) in [5, 5.41) is 5.80. The lowest BCUT2D eigenvalue weighted by molar-refractivity contribution is -0.114. The molecule has 2 N–H and O–H groups in total. The molecule has 0 spiro atoms. The van der Waals surface area contributed by atoms with Gasteiger partial charge in [-0.15, -0.1) is 0 Å². The van der Waals surface area contributed by atoms with Gasteiger partial charge in [0.25, 0.3) is 0 Å². The molecule has 0 heterocycles. The van der Waals surface area contributed by atoms with Crippen LogP contribution < -0.4 is 10.6 Å². The fourth-order valence-electron chi connectivity index (χ4n) is 2.77. The van der Waals surface area contributed by atoms with E-state index in [1.54, 1.807) is 48.5 Å². The van der Waals surface area contributed by atoms with Crippen molar-refractivity contribution in [1.82, 2.24) is 0 Å². The van der Waals surface area contributed by atoms with Gasteiger partial charge in [-0.1, -0.05) is 46.3 Å². The monoisotopic (exact) mass is 450 g/mol. The highest BCUT2D eigenvalue weighted by Crippen LogP contribution is 2.24. The van der Waals surface area contributed by atoms with Crippen LogP contribution in [0.2, 0.25) is 0 Å². The van der Waals surface area contributed by atoms with E-state index in [-0.39, 0.29) is 24.0 Å². The predicted octanol–water partition coefficient (Wildman–Crippen LogP) is 4.93. The third kappa shape index (κ3) is 5.39. The molecule has 0 unspecified atom stereocenters. The number of anilines is 2. The molecule has 5 nitrogen and oxygen atoms in total. The zero-order valence-electron chi connectivity index (χ0n) is 15.7. The zero-order valence-corrected chi connectivity index (χ0v) is 17.3. The third-order valence-corrected chi connectivity index (χ3v) is 4.77. The summed E-state index contributed by atoms with van der Waals surface area (Å²) in [6.07, 6.45) is 0. The largest absolute Gasteiger partial charge is 0.376 e. The number of hydrogen-bond donors (Lipinski definition) is 2. The van der Waals surface area contributed by atoms with Gasteiger partial charge in [0.1, 0.15) is 0 Å². The van der Waals surface area contributed by atoms with Gasteiger partial charge in [-0.3, -0.25) is 14.4 Å². The van der Waals surface area contributed by atoms with Crippen LogP contribution in [0.25, 0.3) is 0 Å². The maximum atomic E-state index is 12.9. The van der Waals surface area contributed by atoms with Gasteiger partial charge in [0.15, 0.2) is 11.6 Å². The van der Waals surface area contributed by atoms with Crippen molar-refractivity contribution in [3.05, 3.63) is 94.0 Å². The Kier molecular flexibility index (Phi) is 6.57. The first-order chi connectivity index (χ1) is 13.9. The van der Waals surface area contributed by atoms with Gasteiger partial charge in [0.2, 0.25) is 5.91 Å². The molecule has 0 aromatic heterocycles. The summed E-state index contributed by atoms with van der Waals surface area (Å²) in [6, 6.07) is 21.0. The molecule has 0 saturated heterocycles. The van der Waals surface area contributed by atoms with E-state index in [2.05, 4.69) is 26.6 Å². The number of carbonyl (C=O) groups excluding carboxylic acids is 3. The van der Waals surface area contributed by atoms with Crippen molar-refractivity contribution < 1.29 is 14.4 Å². The topological polar surface area (TPSA) is 75.3 Å². The van der Waals surface area contributed by atoms with Gasteiger partial charge in [-0.2, -0.15) is 0 Å². The number of nitrogens with one attached hydrogen (secondary N) is 2. The van der Waals surface area contributed by atoms with Crippen molar-refractivity contribution >= 4 is 44.8 Å². The Balaban J connectivity index is 1.69. The van der Waals surface area contributed by atoms with Crippen LogP contribution in [0, 0.1) is 0 Å². The first-order valence-electron chi connectivity index (χ1n) is 8.98. The second-order valence-corrected chi connectivity index (χ2v) is 7.34. The van der Waals surface area contributed by atoms with Gasteiger partial charge < -0.3 is 10.6 Å². The number of hydrogen-bond acceptors (Lipinski definition) is 4. The van der Waals surface area contributed by atoms with Crippen LogP contribution in [-0.4, -0.2) is 24.0 Å². The van der Waals surface area contributed by atoms with E-state index < -0.39 is 0 Å². The Morgan fingerprint density at radius 2 is 1.55 bits per heavy atom. The van der Waals surface area contributed by atoms with E-state index in [0.717, 1.165) is 4.47 Å². The van der Waals surface area contributed by atoms with Crippen molar-refractivity contribution in [2.24, 2.45) is 0 Å². The molecule has 0 atom stereocenters. The molecule has 1 amide bonds. The lowest BCUT2D eigenvalue weighted by atomic mass is 10.0. The molecular formula is C23H19BrN2O3. The van der Waals surface area contributed by atoms with Crippen LogP contribution >= 0.6 is 15.9 Å². The van der Waals surface area contributed by atoms with Crippen LogP contribution in [-0.2, 0) is 4.79 Å². The van der Waals surface area contributed by atoms with E-state index >= 15 is 0 Å². The maximum Gasteiger partial charge on any atom is 0.243 e. The minimum absolute atomic E-state index is 0.00877. The van der Waals surface area contributed by atoms with Crippen molar-refractivity contribution in [3.63, 3.8) is 0 Å². The summed E-state index contributed by atoms with van der Waals surface area (Å²) >= 11 is 3.39. The van der Waals surface area contributed by atoms with Crippen molar-refractivity contribution in [3.8, 4) is 0 Å². The van der Waals surface area contributed by atoms with Crippen molar-refractivity contribution in [1.29, 1.82) is 0 Å². The lowest BCUT2D eigenvalue weighted by Gasteiger charge is -2.12. The van der Waals surface area contributed by atoms with E-state index in [1.807, 2.05) is 24.3 Å². The minimum Gasteiger partial charge on any atom is -0.376 e. The highest BCUT2D eigenvalue weighted by molar-refractivity contribution is 9.10. The summed E-state index contributed by atoms with van der Waals surface area (Å²) in [6.45, 7) is 1.48. The molecule has 0 bridgehead atoms. The molecule has 6 heteroatoms. The molecule has 0 fully saturated rings. The van der Waals surface area contributed by atoms with E-state index in [4.69, 9.17) is 0 Å². The van der Waals surface area contributed by atoms with Crippen molar-refractivity contribution in [2.45, 2.75) is 6.92 Å². The number of ketones is 2. The molecule has 3 aromatic carbocycles. The van der Waals surface area contributed by atoms with Gasteiger partial charge in [-0.05, 0) is 49.4 Å². The molecule has 146 valence electrons. The standard InChI is InChI=1S/C23H19BrN2O3/c1-15(27)16-7-10-19(11-8-16)26-22(28)14-25-21-12-9-18(24)13-20(21)23(29)17-5-3-2-4-6-17/h2-13,25H,14H2,1H3,(H,26,28). The summed E-state index contributed by atoms with van der Waals surface area (Å²) in [7, 11) is 0. The number of benzene rings is 3. The Labute approximate surface area is 177 Å². The Morgan fingerprint density at radius 1 is 0.862 bits per heavy atom. The fraction of sp³-hybridized carbons (Fsp3) is 0.0870. The highest BCUT2D eigenvalue weighted by Gasteiger charge is 2.15. The lowest BCUT2D eigenvalue weighted by Crippen LogP contribution is -2.22. The number of halogens is 1. The second-order valence-electron chi connectivity index (χ2n) is 6.42. The Morgan fingerprint density at radius 3 is 2.21 bits per heavy atom. The minimum atomic E-state index is -0.262. The number of carbonyl (C=O) groups is 3. The summed E-state index contributed by atoms with van der Waals surface area (Å²) in [4.78, 5) is 36.5. The van der Waals surface area contributed by atoms with Gasteiger partial charge >= 0.3 is 0 Å². The van der Waals surface area contributed by atoms with E-state index in [1.165, 1.54) is 6.92 Å². The predicted molar refractivity (Wildman–Crippen MR) is 118 cm³/mol. The summed E-state index contributed by atoms with van der Waals surface area (Å²) in [5.74, 6) is -0.424. The molecule has 0 aliphatic rings. The normalized spacial score (nSPS) is 10.3. The summed E-state index contributed by atoms with van der Waals surface area (Å²) < 4.78 is 0.775. The fourth-order valence-corrected chi connectivity index (χ4v) is 3.13. The maximum absolute atomic E-state index is 12.9. The average molecular weight is 451 g/mol. The average Bonchev–Trinajstić information content (AvgIpc) is 2.73. The Bertz CT molecular complexity index is 1050. The van der Waals surface area contributed by atoms with Crippen LogP contribution in [0.15, 0.2) is 77.3 Å². The molecule has 0 radical (unpaired) electrons. The first kappa shape index (κ1) is 20.5. The summed E-state index contributed by atoms with van der Waals surface area (Å²) in [5.41, 5.74) is 2.80. The molecule has 29 heavy (non-hydrogen) atoms. The molecule has 3 rings (SSSR count). The number of Topliss-reactive ketones (excluding diaryl/α,β-unsaturated/α-hetero) is 1. The van der Waals surface area contributed by atoms with Gasteiger partial charge in [0, 0.05) is 32.5 Å². The molecular weight excluding hydrogens is 432 g/mol. The Hall–Kier alpha value is -3.25. The zero-order chi connectivity index (χ0) is 20.8. The number of rotatable bonds is 7. The second kappa shape index (κ2) is 9.30. The SMILES string of the molecule is CC(=O)c1ccc(NC(=O)CNc2ccc(Br)cc2C(=O)c2ccccc2)cc1. The first-order valence-corrected chi connectivity index (χ1v) is 9.77. The molecule has 0 aliphatic carbocycles. The molecule has 3 aromatic rings. The van der Waals surface area contributed by atoms with Gasteiger partial charge in [0.05, 0.1) is 6.54 Å². The molecule has 0 saturated carbocycles. The van der Waals surface area contributed by atoms with E-state index in [0.29, 0.717) is 28.1 Å². The van der Waals surface area contributed by atoms with Crippen LogP contribution in [0.1, 0.15) is 33.2 Å². The van der Waals surface area contributed by atoms with Crippen LogP contribution in [0.5, 0.6) is 0 Å². The van der Waals surface area contributed by atoms with Crippen LogP contribution in [0.3, 0.4) is 0 Å². The smallest absolute Gasteiger partial charge is 0.243 e. The third-order valence-electron chi connectivity index (χ3n) is 4.28. The quantitative estimate of drug-likeness (QED) is 0.500. The highest BCUT2D eigenvalue weighted by atomic mass is 79.9. The van der Waals surface area contributed by atoms with E-state index in [9.17, 15) is 14.4 Å². The van der Waals surface area contributed by atoms with Crippen LogP contribution in [0.4, 0.5) is 11.4 Å². The van der Waals surface area contributed by atoms with Gasteiger partial charge in [-0.25, -0.2) is 0 Å². The molecule has 0 aliphatic heterocycles. The number of amides is 1.